The average molecular weight is 422 g/mol. The van der Waals surface area contributed by atoms with Crippen LogP contribution in [0.15, 0.2) is 60.7 Å². The summed E-state index contributed by atoms with van der Waals surface area (Å²) in [6, 6.07) is 19.8. The fraction of sp³-hybridized carbons (Fsp3) is 0.435. The first-order valence-corrected chi connectivity index (χ1v) is 9.92. The van der Waals surface area contributed by atoms with Gasteiger partial charge >= 0.3 is 5.97 Å². The van der Waals surface area contributed by atoms with Gasteiger partial charge in [-0.15, -0.1) is 12.4 Å². The number of carbonyl (C=O) groups excluding carboxylic acids is 1. The lowest BCUT2D eigenvalue weighted by atomic mass is 10.1. The quantitative estimate of drug-likeness (QED) is 0.567. The highest BCUT2D eigenvalue weighted by molar-refractivity contribution is 5.85. The van der Waals surface area contributed by atoms with Crippen LogP contribution in [0.5, 0.6) is 0 Å². The van der Waals surface area contributed by atoms with Crippen molar-refractivity contribution in [2.24, 2.45) is 0 Å². The molecule has 0 saturated carbocycles. The standard InChI is InChI=1S/C15H21NO4.C8H10.ClH/c1-2-15(18,16-8-10-19-11-9-16)20-14(17)12-13-6-4-3-5-7-13;1-2-8-6-4-3-5-7-8;/h3-7,18H,2,8-12H2,1H3;3-7H,2H2,1H3;1H. The molecule has 3 rings (SSSR count). The van der Waals surface area contributed by atoms with Gasteiger partial charge in [-0.3, -0.25) is 4.79 Å². The van der Waals surface area contributed by atoms with E-state index in [0.717, 1.165) is 12.0 Å². The smallest absolute Gasteiger partial charge is 0.313 e. The molecule has 1 fully saturated rings. The van der Waals surface area contributed by atoms with Crippen LogP contribution in [0.1, 0.15) is 31.4 Å². The van der Waals surface area contributed by atoms with Gasteiger partial charge in [0, 0.05) is 19.5 Å². The second kappa shape index (κ2) is 13.3. The fourth-order valence-corrected chi connectivity index (χ4v) is 2.97. The molecule has 2 aromatic carbocycles. The van der Waals surface area contributed by atoms with E-state index in [-0.39, 0.29) is 18.8 Å². The van der Waals surface area contributed by atoms with Crippen LogP contribution in [0, 0.1) is 0 Å². The van der Waals surface area contributed by atoms with Crippen molar-refractivity contribution in [3.05, 3.63) is 71.8 Å². The molecule has 0 spiro atoms. The van der Waals surface area contributed by atoms with Crippen molar-refractivity contribution in [3.8, 4) is 0 Å². The molecule has 5 nitrogen and oxygen atoms in total. The van der Waals surface area contributed by atoms with E-state index in [4.69, 9.17) is 9.47 Å². The van der Waals surface area contributed by atoms with Gasteiger partial charge < -0.3 is 14.6 Å². The van der Waals surface area contributed by atoms with Gasteiger partial charge in [-0.25, -0.2) is 4.90 Å². The molecule has 0 aromatic heterocycles. The predicted molar refractivity (Wildman–Crippen MR) is 117 cm³/mol. The summed E-state index contributed by atoms with van der Waals surface area (Å²) >= 11 is 0. The lowest BCUT2D eigenvalue weighted by molar-refractivity contribution is -0.288. The van der Waals surface area contributed by atoms with E-state index >= 15 is 0 Å². The number of nitrogens with zero attached hydrogens (tertiary/aromatic N) is 1. The number of aryl methyl sites for hydroxylation is 1. The number of carbonyl (C=O) groups is 1. The summed E-state index contributed by atoms with van der Waals surface area (Å²) in [6.45, 7) is 6.16. The molecule has 0 radical (unpaired) electrons. The number of rotatable bonds is 6. The first-order chi connectivity index (χ1) is 13.6. The van der Waals surface area contributed by atoms with Gasteiger partial charge in [-0.1, -0.05) is 74.5 Å². The zero-order chi connectivity index (χ0) is 20.2. The molecule has 1 N–H and O–H groups in total. The summed E-state index contributed by atoms with van der Waals surface area (Å²) in [5.41, 5.74) is 2.28. The number of benzene rings is 2. The van der Waals surface area contributed by atoms with Gasteiger partial charge in [0.25, 0.3) is 5.91 Å². The molecular weight excluding hydrogens is 390 g/mol. The van der Waals surface area contributed by atoms with Crippen molar-refractivity contribution in [2.75, 3.05) is 26.3 Å². The molecule has 1 unspecified atom stereocenters. The van der Waals surface area contributed by atoms with Gasteiger partial charge in [0.1, 0.15) is 0 Å². The van der Waals surface area contributed by atoms with Gasteiger partial charge in [0.2, 0.25) is 0 Å². The van der Waals surface area contributed by atoms with Gasteiger partial charge in [-0.05, 0) is 17.5 Å². The number of hydrogen-bond donors (Lipinski definition) is 1. The Kier molecular flexibility index (Phi) is 11.5. The third kappa shape index (κ3) is 8.54. The van der Waals surface area contributed by atoms with Crippen LogP contribution in [-0.2, 0) is 27.1 Å². The van der Waals surface area contributed by atoms with Crippen molar-refractivity contribution >= 4 is 18.4 Å². The topological polar surface area (TPSA) is 59.0 Å². The van der Waals surface area contributed by atoms with E-state index in [1.807, 2.05) is 36.4 Å². The first kappa shape index (κ1) is 25.1. The summed E-state index contributed by atoms with van der Waals surface area (Å²) in [7, 11) is 0. The van der Waals surface area contributed by atoms with Crippen molar-refractivity contribution < 1.29 is 19.4 Å². The number of hydrogen-bond acceptors (Lipinski definition) is 5. The molecule has 1 heterocycles. The number of aliphatic hydroxyl groups is 1. The molecule has 6 heteroatoms. The zero-order valence-corrected chi connectivity index (χ0v) is 18.1. The molecule has 0 amide bonds. The average Bonchev–Trinajstić information content (AvgIpc) is 2.76. The van der Waals surface area contributed by atoms with Crippen LogP contribution in [-0.4, -0.2) is 48.2 Å². The van der Waals surface area contributed by atoms with Gasteiger partial charge in [0.15, 0.2) is 0 Å². The highest BCUT2D eigenvalue weighted by Crippen LogP contribution is 2.20. The number of halogens is 1. The van der Waals surface area contributed by atoms with E-state index in [1.54, 1.807) is 11.8 Å². The zero-order valence-electron chi connectivity index (χ0n) is 17.3. The van der Waals surface area contributed by atoms with Crippen LogP contribution in [0.2, 0.25) is 0 Å². The van der Waals surface area contributed by atoms with E-state index in [1.165, 1.54) is 5.56 Å². The first-order valence-electron chi connectivity index (χ1n) is 9.92. The lowest BCUT2D eigenvalue weighted by Crippen LogP contribution is -2.55. The van der Waals surface area contributed by atoms with Crippen molar-refractivity contribution in [1.82, 2.24) is 4.90 Å². The van der Waals surface area contributed by atoms with E-state index in [2.05, 4.69) is 31.2 Å². The monoisotopic (exact) mass is 421 g/mol. The van der Waals surface area contributed by atoms with Crippen molar-refractivity contribution in [3.63, 3.8) is 0 Å². The molecule has 2 aromatic rings. The number of morpholine rings is 1. The van der Waals surface area contributed by atoms with Crippen LogP contribution in [0.25, 0.3) is 0 Å². The summed E-state index contributed by atoms with van der Waals surface area (Å²) in [4.78, 5) is 13.7. The summed E-state index contributed by atoms with van der Waals surface area (Å²) in [5.74, 6) is -1.96. The second-order valence-electron chi connectivity index (χ2n) is 6.67. The molecule has 1 aliphatic rings. The maximum Gasteiger partial charge on any atom is 0.313 e. The number of ether oxygens (including phenoxy) is 2. The molecule has 0 bridgehead atoms. The molecular formula is C23H32ClNO4. The maximum atomic E-state index is 12.0. The molecule has 1 aliphatic heterocycles. The third-order valence-corrected chi connectivity index (χ3v) is 4.69. The molecule has 1 atom stereocenters. The van der Waals surface area contributed by atoms with Crippen LogP contribution in [0.4, 0.5) is 0 Å². The predicted octanol–water partition coefficient (Wildman–Crippen LogP) is 3.83. The largest absolute Gasteiger partial charge is 0.418 e. The Hall–Kier alpha value is -1.92. The molecule has 160 valence electrons. The third-order valence-electron chi connectivity index (χ3n) is 4.69. The van der Waals surface area contributed by atoms with E-state index in [0.29, 0.717) is 32.7 Å². The van der Waals surface area contributed by atoms with Crippen LogP contribution < -0.4 is 0 Å². The minimum atomic E-state index is -1.53. The fourth-order valence-electron chi connectivity index (χ4n) is 2.97. The Morgan fingerprint density at radius 1 is 1.00 bits per heavy atom. The Morgan fingerprint density at radius 2 is 1.52 bits per heavy atom. The summed E-state index contributed by atoms with van der Waals surface area (Å²) < 4.78 is 10.6. The summed E-state index contributed by atoms with van der Waals surface area (Å²) in [5, 5.41) is 10.5. The summed E-state index contributed by atoms with van der Waals surface area (Å²) in [6.07, 6.45) is 1.63. The minimum absolute atomic E-state index is 0. The van der Waals surface area contributed by atoms with Gasteiger partial charge in [-0.2, -0.15) is 0 Å². The molecule has 1 saturated heterocycles. The van der Waals surface area contributed by atoms with Crippen molar-refractivity contribution in [1.29, 1.82) is 0 Å². The van der Waals surface area contributed by atoms with E-state index < -0.39 is 11.9 Å². The van der Waals surface area contributed by atoms with Crippen LogP contribution >= 0.6 is 12.4 Å². The molecule has 29 heavy (non-hydrogen) atoms. The van der Waals surface area contributed by atoms with Crippen LogP contribution in [0.3, 0.4) is 0 Å². The SMILES string of the molecule is CCC(O)(OC(=O)Cc1ccccc1)N1CCOCC1.CCc1ccccc1.Cl. The second-order valence-corrected chi connectivity index (χ2v) is 6.67. The lowest BCUT2D eigenvalue weighted by Gasteiger charge is -2.39. The van der Waals surface area contributed by atoms with E-state index in [9.17, 15) is 9.90 Å². The normalized spacial score (nSPS) is 15.8. The van der Waals surface area contributed by atoms with Gasteiger partial charge in [0.05, 0.1) is 19.6 Å². The Balaban J connectivity index is 0.000000394. The number of esters is 1. The molecule has 0 aliphatic carbocycles. The highest BCUT2D eigenvalue weighted by Gasteiger charge is 2.37. The Morgan fingerprint density at radius 3 is 1.97 bits per heavy atom. The Bertz CT molecular complexity index is 693. The Labute approximate surface area is 180 Å². The maximum absolute atomic E-state index is 12.0. The minimum Gasteiger partial charge on any atom is -0.418 e. The highest BCUT2D eigenvalue weighted by atomic mass is 35.5. The van der Waals surface area contributed by atoms with Crippen molar-refractivity contribution in [2.45, 2.75) is 39.0 Å².